The van der Waals surface area contributed by atoms with Gasteiger partial charge in [-0.2, -0.15) is 0 Å². The third-order valence-electron chi connectivity index (χ3n) is 5.25. The first-order valence-electron chi connectivity index (χ1n) is 11.7. The van der Waals surface area contributed by atoms with Crippen LogP contribution in [0.5, 0.6) is 11.5 Å². The number of hydrogen-bond donors (Lipinski definition) is 1. The van der Waals surface area contributed by atoms with E-state index in [0.29, 0.717) is 18.9 Å². The summed E-state index contributed by atoms with van der Waals surface area (Å²) in [6.45, 7) is 9.32. The molecule has 11 heteroatoms. The van der Waals surface area contributed by atoms with E-state index in [2.05, 4.69) is 10.3 Å². The molecule has 2 heterocycles. The number of carbonyl (C=O) groups excluding carboxylic acids is 3. The molecule has 0 unspecified atom stereocenters. The van der Waals surface area contributed by atoms with Crippen molar-refractivity contribution in [1.82, 2.24) is 10.3 Å². The number of ether oxygens (including phenoxy) is 6. The van der Waals surface area contributed by atoms with Gasteiger partial charge in [0.2, 0.25) is 6.79 Å². The van der Waals surface area contributed by atoms with Crippen LogP contribution in [0.4, 0.5) is 0 Å². The number of cyclic esters (lactones) is 1. The maximum absolute atomic E-state index is 13.1. The molecule has 0 spiro atoms. The minimum Gasteiger partial charge on any atom is -0.493 e. The van der Waals surface area contributed by atoms with Crippen molar-refractivity contribution in [1.29, 1.82) is 0 Å². The molecular weight excluding hydrogens is 460 g/mol. The minimum absolute atomic E-state index is 0.0250. The fourth-order valence-corrected chi connectivity index (χ4v) is 3.50. The van der Waals surface area contributed by atoms with Crippen molar-refractivity contribution in [3.63, 3.8) is 0 Å². The summed E-state index contributed by atoms with van der Waals surface area (Å²) in [5.74, 6) is -1.35. The lowest BCUT2D eigenvalue weighted by Crippen LogP contribution is -2.45. The molecule has 1 N–H and O–H groups in total. The van der Waals surface area contributed by atoms with Crippen molar-refractivity contribution in [2.75, 3.05) is 27.1 Å². The highest BCUT2D eigenvalue weighted by Gasteiger charge is 2.35. The zero-order valence-electron chi connectivity index (χ0n) is 21.2. The lowest BCUT2D eigenvalue weighted by atomic mass is 10.1. The summed E-state index contributed by atoms with van der Waals surface area (Å²) >= 11 is 0. The summed E-state index contributed by atoms with van der Waals surface area (Å²) in [5, 5.41) is 2.65. The monoisotopic (exact) mass is 496 g/mol. The Balaban J connectivity index is 2.18. The second-order valence-corrected chi connectivity index (χ2v) is 8.56. The van der Waals surface area contributed by atoms with Gasteiger partial charge in [0, 0.05) is 38.8 Å². The Morgan fingerprint density at radius 2 is 2.06 bits per heavy atom. The number of nitrogens with zero attached hydrogens (tertiary/aromatic N) is 1. The van der Waals surface area contributed by atoms with Crippen molar-refractivity contribution in [2.24, 2.45) is 5.92 Å². The van der Waals surface area contributed by atoms with Crippen LogP contribution >= 0.6 is 0 Å². The number of amides is 1. The number of nitrogens with one attached hydrogen (secondary N) is 1. The van der Waals surface area contributed by atoms with Crippen LogP contribution in [-0.4, -0.2) is 74.3 Å². The molecule has 0 aliphatic carbocycles. The van der Waals surface area contributed by atoms with Crippen molar-refractivity contribution in [3.05, 3.63) is 18.0 Å². The van der Waals surface area contributed by atoms with Crippen LogP contribution < -0.4 is 14.8 Å². The Morgan fingerprint density at radius 1 is 1.31 bits per heavy atom. The summed E-state index contributed by atoms with van der Waals surface area (Å²) in [6, 6.07) is 0.506. The van der Waals surface area contributed by atoms with Crippen LogP contribution in [0.2, 0.25) is 0 Å². The Hall–Kier alpha value is -2.92. The maximum atomic E-state index is 13.1. The van der Waals surface area contributed by atoms with Crippen molar-refractivity contribution >= 4 is 17.8 Å². The molecule has 1 aromatic heterocycles. The van der Waals surface area contributed by atoms with Gasteiger partial charge in [0.25, 0.3) is 5.91 Å². The highest BCUT2D eigenvalue weighted by Crippen LogP contribution is 2.30. The molecule has 1 aliphatic rings. The molecule has 0 aromatic carbocycles. The van der Waals surface area contributed by atoms with Gasteiger partial charge in [-0.3, -0.25) is 9.59 Å². The Labute approximate surface area is 205 Å². The fourth-order valence-electron chi connectivity index (χ4n) is 3.50. The van der Waals surface area contributed by atoms with Gasteiger partial charge in [-0.05, 0) is 19.3 Å². The highest BCUT2D eigenvalue weighted by atomic mass is 16.7. The third kappa shape index (κ3) is 8.36. The van der Waals surface area contributed by atoms with Crippen molar-refractivity contribution < 1.29 is 42.8 Å². The SMILES string of the molecule is CC[C@H]1OCC[C@H](NC(=O)c2nccc(OC)c2OCOC(C)=O)C(=O)O[C@@H](C)[C@@H]1OCC(C)C. The number of methoxy groups -OCH3 is 1. The Morgan fingerprint density at radius 3 is 2.69 bits per heavy atom. The van der Waals surface area contributed by atoms with Crippen LogP contribution in [-0.2, 0) is 28.5 Å². The number of carbonyl (C=O) groups is 3. The average Bonchev–Trinajstić information content (AvgIpc) is 2.86. The summed E-state index contributed by atoms with van der Waals surface area (Å²) in [5.41, 5.74) is -0.136. The lowest BCUT2D eigenvalue weighted by Gasteiger charge is -2.30. The quantitative estimate of drug-likeness (QED) is 0.380. The maximum Gasteiger partial charge on any atom is 0.329 e. The van der Waals surface area contributed by atoms with Gasteiger partial charge in [0.15, 0.2) is 17.2 Å². The van der Waals surface area contributed by atoms with Gasteiger partial charge in [0.05, 0.1) is 13.2 Å². The van der Waals surface area contributed by atoms with Gasteiger partial charge in [-0.1, -0.05) is 20.8 Å². The number of pyridine rings is 1. The molecular formula is C24H36N2O9. The van der Waals surface area contributed by atoms with Crippen LogP contribution in [0.1, 0.15) is 57.9 Å². The highest BCUT2D eigenvalue weighted by molar-refractivity contribution is 5.98. The predicted molar refractivity (Wildman–Crippen MR) is 124 cm³/mol. The predicted octanol–water partition coefficient (Wildman–Crippen LogP) is 2.26. The normalized spacial score (nSPS) is 22.9. The molecule has 35 heavy (non-hydrogen) atoms. The molecule has 0 bridgehead atoms. The standard InChI is InChI=1S/C24H36N2O9/c1-7-18-21(32-12-14(2)3)15(4)35-24(29)17(9-11-31-18)26-23(28)20-22(34-13-33-16(5)27)19(30-6)8-10-25-20/h8,10,14-15,17-18,21H,7,9,11-13H2,1-6H3,(H,26,28)/t15-,17-,18+,21-/m0/s1. The first kappa shape index (κ1) is 28.3. The number of hydrogen-bond acceptors (Lipinski definition) is 10. The van der Waals surface area contributed by atoms with E-state index in [4.69, 9.17) is 28.4 Å². The Kier molecular flexibility index (Phi) is 11.2. The summed E-state index contributed by atoms with van der Waals surface area (Å²) in [6.07, 6.45) is 0.967. The third-order valence-corrected chi connectivity index (χ3v) is 5.25. The molecule has 1 aromatic rings. The van der Waals surface area contributed by atoms with Gasteiger partial charge in [-0.25, -0.2) is 9.78 Å². The average molecular weight is 497 g/mol. The van der Waals surface area contributed by atoms with E-state index in [1.165, 1.54) is 26.3 Å². The zero-order chi connectivity index (χ0) is 26.0. The molecule has 196 valence electrons. The van der Waals surface area contributed by atoms with E-state index in [0.717, 1.165) is 0 Å². The van der Waals surface area contributed by atoms with Crippen LogP contribution in [0.25, 0.3) is 0 Å². The molecule has 1 aliphatic heterocycles. The molecule has 11 nitrogen and oxygen atoms in total. The number of rotatable bonds is 10. The van der Waals surface area contributed by atoms with Gasteiger partial charge in [0.1, 0.15) is 18.2 Å². The molecule has 0 saturated carbocycles. The van der Waals surface area contributed by atoms with Crippen molar-refractivity contribution in [2.45, 2.75) is 71.8 Å². The lowest BCUT2D eigenvalue weighted by molar-refractivity contribution is -0.165. The summed E-state index contributed by atoms with van der Waals surface area (Å²) in [7, 11) is 1.39. The largest absolute Gasteiger partial charge is 0.493 e. The topological polar surface area (TPSA) is 132 Å². The summed E-state index contributed by atoms with van der Waals surface area (Å²) in [4.78, 5) is 41.2. The number of aromatic nitrogens is 1. The molecule has 1 saturated heterocycles. The second kappa shape index (κ2) is 13.8. The van der Waals surface area contributed by atoms with E-state index in [9.17, 15) is 14.4 Å². The molecule has 2 rings (SSSR count). The van der Waals surface area contributed by atoms with Crippen LogP contribution in [0.15, 0.2) is 12.3 Å². The van der Waals surface area contributed by atoms with E-state index in [-0.39, 0.29) is 36.3 Å². The first-order valence-corrected chi connectivity index (χ1v) is 11.7. The van der Waals surface area contributed by atoms with Crippen molar-refractivity contribution in [3.8, 4) is 11.5 Å². The Bertz CT molecular complexity index is 861. The van der Waals surface area contributed by atoms with Crippen LogP contribution in [0.3, 0.4) is 0 Å². The molecule has 0 radical (unpaired) electrons. The fraction of sp³-hybridized carbons (Fsp3) is 0.667. The van der Waals surface area contributed by atoms with Crippen LogP contribution in [0, 0.1) is 5.92 Å². The molecule has 1 amide bonds. The second-order valence-electron chi connectivity index (χ2n) is 8.56. The van der Waals surface area contributed by atoms with E-state index < -0.39 is 42.9 Å². The van der Waals surface area contributed by atoms with E-state index in [1.807, 2.05) is 20.8 Å². The molecule has 4 atom stereocenters. The van der Waals surface area contributed by atoms with Gasteiger partial charge in [-0.15, -0.1) is 0 Å². The zero-order valence-corrected chi connectivity index (χ0v) is 21.2. The number of esters is 2. The van der Waals surface area contributed by atoms with Gasteiger partial charge >= 0.3 is 11.9 Å². The minimum atomic E-state index is -0.986. The molecule has 1 fully saturated rings. The first-order chi connectivity index (χ1) is 16.7. The smallest absolute Gasteiger partial charge is 0.329 e. The van der Waals surface area contributed by atoms with Gasteiger partial charge < -0.3 is 33.7 Å². The summed E-state index contributed by atoms with van der Waals surface area (Å²) < 4.78 is 33.2. The van der Waals surface area contributed by atoms with E-state index in [1.54, 1.807) is 6.92 Å². The van der Waals surface area contributed by atoms with E-state index >= 15 is 0 Å².